The monoisotopic (exact) mass is 264 g/mol. The van der Waals surface area contributed by atoms with E-state index >= 15 is 0 Å². The predicted molar refractivity (Wildman–Crippen MR) is 61.9 cm³/mol. The first kappa shape index (κ1) is 12.9. The molecule has 1 aromatic rings. The van der Waals surface area contributed by atoms with Gasteiger partial charge < -0.3 is 4.74 Å². The fourth-order valence-electron chi connectivity index (χ4n) is 1.18. The van der Waals surface area contributed by atoms with Crippen LogP contribution in [-0.2, 0) is 14.9 Å². The number of esters is 1. The molecule has 0 saturated heterocycles. The van der Waals surface area contributed by atoms with E-state index in [0.29, 0.717) is 5.56 Å². The van der Waals surface area contributed by atoms with Crippen molar-refractivity contribution < 1.29 is 17.9 Å². The maximum Gasteiger partial charge on any atom is 0.341 e. The summed E-state index contributed by atoms with van der Waals surface area (Å²) in [6.07, 6.45) is 0. The quantitative estimate of drug-likeness (QED) is 0.787. The Morgan fingerprint density at radius 3 is 2.44 bits per heavy atom. The second kappa shape index (κ2) is 4.40. The van der Waals surface area contributed by atoms with E-state index in [-0.39, 0.29) is 10.6 Å². The molecule has 8 heteroatoms. The summed E-state index contributed by atoms with van der Waals surface area (Å²) in [5.74, 6) is -0.590. The van der Waals surface area contributed by atoms with Crippen LogP contribution in [0.15, 0.2) is 0 Å². The number of ether oxygens (including phenoxy) is 1. The molecule has 6 nitrogen and oxygen atoms in total. The van der Waals surface area contributed by atoms with Crippen molar-refractivity contribution in [3.8, 4) is 0 Å². The number of hydrogen-bond donors (Lipinski definition) is 2. The first-order valence-corrected chi connectivity index (χ1v) is 6.61. The van der Waals surface area contributed by atoms with Crippen molar-refractivity contribution in [3.63, 3.8) is 0 Å². The molecule has 1 heterocycles. The van der Waals surface area contributed by atoms with E-state index in [2.05, 4.69) is 9.46 Å². The van der Waals surface area contributed by atoms with Crippen molar-refractivity contribution >= 4 is 32.5 Å². The summed E-state index contributed by atoms with van der Waals surface area (Å²) in [4.78, 5) is 12.3. The van der Waals surface area contributed by atoms with Crippen molar-refractivity contribution in [2.24, 2.45) is 5.14 Å². The molecule has 1 rings (SSSR count). The van der Waals surface area contributed by atoms with E-state index < -0.39 is 16.2 Å². The molecule has 0 aromatic carbocycles. The van der Waals surface area contributed by atoms with Crippen LogP contribution in [0.3, 0.4) is 0 Å². The Bertz CT molecular complexity index is 518. The van der Waals surface area contributed by atoms with Crippen molar-refractivity contribution in [3.05, 3.63) is 16.0 Å². The molecule has 0 aliphatic carbocycles. The number of hydrogen-bond acceptors (Lipinski definition) is 5. The number of thiophene rings is 1. The number of aryl methyl sites for hydroxylation is 1. The van der Waals surface area contributed by atoms with Crippen molar-refractivity contribution in [1.29, 1.82) is 0 Å². The van der Waals surface area contributed by atoms with Gasteiger partial charge in [-0.1, -0.05) is 0 Å². The lowest BCUT2D eigenvalue weighted by Crippen LogP contribution is -2.22. The van der Waals surface area contributed by atoms with E-state index in [1.165, 1.54) is 7.11 Å². The number of anilines is 1. The Labute approximate surface area is 97.6 Å². The summed E-state index contributed by atoms with van der Waals surface area (Å²) in [6, 6.07) is 0. The normalized spacial score (nSPS) is 11.2. The lowest BCUT2D eigenvalue weighted by Gasteiger charge is -2.04. The minimum Gasteiger partial charge on any atom is -0.465 e. The highest BCUT2D eigenvalue weighted by atomic mass is 32.2. The molecule has 0 bridgehead atoms. The highest BCUT2D eigenvalue weighted by Gasteiger charge is 2.21. The van der Waals surface area contributed by atoms with Gasteiger partial charge in [-0.15, -0.1) is 11.3 Å². The van der Waals surface area contributed by atoms with E-state index in [1.807, 2.05) is 0 Å². The molecular formula is C8H12N2O4S2. The third-order valence-electron chi connectivity index (χ3n) is 2.01. The van der Waals surface area contributed by atoms with Gasteiger partial charge in [0.15, 0.2) is 0 Å². The van der Waals surface area contributed by atoms with E-state index in [4.69, 9.17) is 5.14 Å². The molecule has 0 spiro atoms. The second-order valence-corrected chi connectivity index (χ2v) is 5.64. The van der Waals surface area contributed by atoms with Crippen LogP contribution in [0, 0.1) is 13.8 Å². The molecular weight excluding hydrogens is 252 g/mol. The summed E-state index contributed by atoms with van der Waals surface area (Å²) in [7, 11) is -2.66. The van der Waals surface area contributed by atoms with Crippen LogP contribution >= 0.6 is 11.3 Å². The summed E-state index contributed by atoms with van der Waals surface area (Å²) in [5, 5.41) is 5.04. The molecule has 1 aromatic heterocycles. The number of carbonyl (C=O) groups is 1. The number of nitrogens with one attached hydrogen (secondary N) is 1. The van der Waals surface area contributed by atoms with E-state index in [9.17, 15) is 13.2 Å². The molecule has 3 N–H and O–H groups in total. The summed E-state index contributed by atoms with van der Waals surface area (Å²) in [5.41, 5.74) is 0.891. The number of nitrogens with two attached hydrogens (primary N) is 1. The van der Waals surface area contributed by atoms with Crippen LogP contribution in [0.5, 0.6) is 0 Å². The van der Waals surface area contributed by atoms with Gasteiger partial charge in [-0.05, 0) is 19.4 Å². The number of carbonyl (C=O) groups excluding carboxylic acids is 1. The Kier molecular flexibility index (Phi) is 3.56. The van der Waals surface area contributed by atoms with Crippen LogP contribution < -0.4 is 9.86 Å². The standard InChI is InChI=1S/C8H12N2O4S2/c1-4-5(2)15-7(10-16(9,12)13)6(4)8(11)14-3/h10H,1-3H3,(H2,9,12,13). The molecule has 0 unspecified atom stereocenters. The zero-order chi connectivity index (χ0) is 12.5. The van der Waals surface area contributed by atoms with Gasteiger partial charge in [0.05, 0.1) is 12.7 Å². The summed E-state index contributed by atoms with van der Waals surface area (Å²) in [6.45, 7) is 3.49. The first-order valence-electron chi connectivity index (χ1n) is 4.25. The van der Waals surface area contributed by atoms with Gasteiger partial charge in [-0.2, -0.15) is 8.42 Å². The molecule has 16 heavy (non-hydrogen) atoms. The molecule has 0 aliphatic heterocycles. The Morgan fingerprint density at radius 2 is 2.00 bits per heavy atom. The fourth-order valence-corrected chi connectivity index (χ4v) is 2.95. The topological polar surface area (TPSA) is 98.5 Å². The Balaban J connectivity index is 3.29. The molecule has 0 fully saturated rings. The van der Waals surface area contributed by atoms with Crippen LogP contribution in [0.1, 0.15) is 20.8 Å². The zero-order valence-electron chi connectivity index (χ0n) is 9.03. The van der Waals surface area contributed by atoms with Gasteiger partial charge in [0, 0.05) is 4.88 Å². The highest BCUT2D eigenvalue weighted by molar-refractivity contribution is 7.90. The third kappa shape index (κ3) is 2.71. The molecule has 90 valence electrons. The summed E-state index contributed by atoms with van der Waals surface area (Å²) >= 11 is 1.14. The van der Waals surface area contributed by atoms with E-state index in [1.54, 1.807) is 13.8 Å². The lowest BCUT2D eigenvalue weighted by atomic mass is 10.2. The fraction of sp³-hybridized carbons (Fsp3) is 0.375. The summed E-state index contributed by atoms with van der Waals surface area (Å²) < 4.78 is 28.5. The van der Waals surface area contributed by atoms with Crippen LogP contribution in [0.2, 0.25) is 0 Å². The SMILES string of the molecule is COC(=O)c1c(NS(N)(=O)=O)sc(C)c1C. The van der Waals surface area contributed by atoms with Crippen LogP contribution in [0.25, 0.3) is 0 Å². The molecule has 0 aliphatic rings. The van der Waals surface area contributed by atoms with Crippen molar-refractivity contribution in [2.45, 2.75) is 13.8 Å². The second-order valence-electron chi connectivity index (χ2n) is 3.13. The average molecular weight is 264 g/mol. The van der Waals surface area contributed by atoms with Gasteiger partial charge in [-0.3, -0.25) is 4.72 Å². The molecule has 0 radical (unpaired) electrons. The third-order valence-corrected chi connectivity index (χ3v) is 3.75. The smallest absolute Gasteiger partial charge is 0.341 e. The van der Waals surface area contributed by atoms with Crippen molar-refractivity contribution in [1.82, 2.24) is 0 Å². The van der Waals surface area contributed by atoms with Gasteiger partial charge in [0.25, 0.3) is 10.2 Å². The maximum absolute atomic E-state index is 11.5. The minimum absolute atomic E-state index is 0.185. The van der Waals surface area contributed by atoms with E-state index in [0.717, 1.165) is 16.2 Å². The van der Waals surface area contributed by atoms with Crippen molar-refractivity contribution in [2.75, 3.05) is 11.8 Å². The van der Waals surface area contributed by atoms with Crippen LogP contribution in [-0.4, -0.2) is 21.5 Å². The number of rotatable bonds is 3. The highest BCUT2D eigenvalue weighted by Crippen LogP contribution is 2.33. The average Bonchev–Trinajstić information content (AvgIpc) is 2.39. The first-order chi connectivity index (χ1) is 7.26. The minimum atomic E-state index is -3.89. The molecule has 0 atom stereocenters. The van der Waals surface area contributed by atoms with Gasteiger partial charge in [-0.25, -0.2) is 9.93 Å². The van der Waals surface area contributed by atoms with Crippen LogP contribution in [0.4, 0.5) is 5.00 Å². The zero-order valence-corrected chi connectivity index (χ0v) is 10.7. The largest absolute Gasteiger partial charge is 0.465 e. The number of methoxy groups -OCH3 is 1. The Morgan fingerprint density at radius 1 is 1.44 bits per heavy atom. The van der Waals surface area contributed by atoms with Gasteiger partial charge in [0.1, 0.15) is 5.00 Å². The lowest BCUT2D eigenvalue weighted by molar-refractivity contribution is 0.0601. The molecule has 0 amide bonds. The maximum atomic E-state index is 11.5. The molecule has 0 saturated carbocycles. The Hall–Kier alpha value is -1.12. The van der Waals surface area contributed by atoms with Gasteiger partial charge in [0.2, 0.25) is 0 Å². The predicted octanol–water partition coefficient (Wildman–Crippen LogP) is 0.767. The van der Waals surface area contributed by atoms with Gasteiger partial charge >= 0.3 is 5.97 Å².